The number of halogens is 4. The molecular formula is C18H31F4NO7S. The van der Waals surface area contributed by atoms with E-state index in [0.717, 1.165) is 13.2 Å². The first-order chi connectivity index (χ1) is 13.7. The smallest absolute Gasteiger partial charge is 0.448 e. The van der Waals surface area contributed by atoms with E-state index in [1.165, 1.54) is 20.8 Å². The quantitative estimate of drug-likeness (QED) is 0.250. The van der Waals surface area contributed by atoms with Crippen LogP contribution < -0.4 is 4.72 Å². The molecule has 184 valence electrons. The molecule has 0 aliphatic heterocycles. The van der Waals surface area contributed by atoms with Crippen LogP contribution in [0.1, 0.15) is 53.9 Å². The fraction of sp³-hybridized carbons (Fsp3) is 0.889. The summed E-state index contributed by atoms with van der Waals surface area (Å²) in [6.45, 7) is 6.63. The summed E-state index contributed by atoms with van der Waals surface area (Å²) in [4.78, 5) is 24.9. The van der Waals surface area contributed by atoms with Crippen molar-refractivity contribution >= 4 is 22.0 Å². The summed E-state index contributed by atoms with van der Waals surface area (Å²) in [7, 11) is -3.45. The lowest BCUT2D eigenvalue weighted by molar-refractivity contribution is -0.322. The average molecular weight is 482 g/mol. The molecule has 3 unspecified atom stereocenters. The van der Waals surface area contributed by atoms with Crippen molar-refractivity contribution in [2.45, 2.75) is 72.0 Å². The van der Waals surface area contributed by atoms with Gasteiger partial charge in [-0.2, -0.15) is 13.2 Å². The zero-order valence-corrected chi connectivity index (χ0v) is 19.2. The molecule has 0 rings (SSSR count). The number of rotatable bonds is 12. The molecule has 13 heteroatoms. The van der Waals surface area contributed by atoms with Crippen molar-refractivity contribution in [3.05, 3.63) is 0 Å². The van der Waals surface area contributed by atoms with Crippen molar-refractivity contribution in [3.63, 3.8) is 0 Å². The highest BCUT2D eigenvalue weighted by atomic mass is 32.2. The Hall–Kier alpha value is -1.47. The average Bonchev–Trinajstić information content (AvgIpc) is 2.55. The van der Waals surface area contributed by atoms with Gasteiger partial charge in [-0.25, -0.2) is 17.5 Å². The molecule has 0 fully saturated rings. The molecule has 0 amide bonds. The number of carbonyl (C=O) groups is 2. The van der Waals surface area contributed by atoms with Gasteiger partial charge >= 0.3 is 24.0 Å². The molecular weight excluding hydrogens is 450 g/mol. The number of aliphatic hydroxyl groups is 1. The highest BCUT2D eigenvalue weighted by Crippen LogP contribution is 2.40. The molecule has 0 aromatic rings. The number of hydrogen-bond acceptors (Lipinski definition) is 7. The number of esters is 2. The number of nitrogens with one attached hydrogen (secondary N) is 1. The molecule has 0 bridgehead atoms. The fourth-order valence-electron chi connectivity index (χ4n) is 2.82. The second-order valence-corrected chi connectivity index (χ2v) is 10.3. The van der Waals surface area contributed by atoms with Crippen LogP contribution in [0.25, 0.3) is 0 Å². The second kappa shape index (κ2) is 10.4. The molecule has 0 aliphatic rings. The first-order valence-corrected chi connectivity index (χ1v) is 11.4. The van der Waals surface area contributed by atoms with E-state index in [1.54, 1.807) is 6.92 Å². The van der Waals surface area contributed by atoms with Gasteiger partial charge in [-0.1, -0.05) is 6.92 Å². The Labute approximate surface area is 179 Å². The van der Waals surface area contributed by atoms with Crippen LogP contribution in [0.2, 0.25) is 0 Å². The maximum absolute atomic E-state index is 13.4. The van der Waals surface area contributed by atoms with Gasteiger partial charge in [-0.15, -0.1) is 0 Å². The van der Waals surface area contributed by atoms with Crippen LogP contribution in [0, 0.1) is 10.8 Å². The van der Waals surface area contributed by atoms with E-state index in [0.29, 0.717) is 0 Å². The number of carbonyl (C=O) groups excluding carboxylic acids is 2. The van der Waals surface area contributed by atoms with Crippen LogP contribution in [0.5, 0.6) is 0 Å². The first-order valence-electron chi connectivity index (χ1n) is 9.48. The topological polar surface area (TPSA) is 119 Å². The second-order valence-electron chi connectivity index (χ2n) is 8.45. The maximum atomic E-state index is 13.4. The first kappa shape index (κ1) is 29.5. The molecule has 8 nitrogen and oxygen atoms in total. The van der Waals surface area contributed by atoms with E-state index in [1.807, 2.05) is 0 Å². The number of hydrogen-bond donors (Lipinski definition) is 2. The summed E-state index contributed by atoms with van der Waals surface area (Å²) in [6, 6.07) is 0. The van der Waals surface area contributed by atoms with Crippen molar-refractivity contribution < 1.29 is 50.1 Å². The Morgan fingerprint density at radius 2 is 1.61 bits per heavy atom. The van der Waals surface area contributed by atoms with E-state index in [2.05, 4.69) is 4.72 Å². The summed E-state index contributed by atoms with van der Waals surface area (Å²) in [6.07, 6.45) is -7.66. The maximum Gasteiger partial charge on any atom is 0.448 e. The van der Waals surface area contributed by atoms with Crippen LogP contribution in [-0.2, 0) is 29.1 Å². The van der Waals surface area contributed by atoms with Crippen LogP contribution in [0.15, 0.2) is 0 Å². The Morgan fingerprint density at radius 1 is 1.10 bits per heavy atom. The predicted molar refractivity (Wildman–Crippen MR) is 103 cm³/mol. The molecule has 31 heavy (non-hydrogen) atoms. The van der Waals surface area contributed by atoms with Gasteiger partial charge in [0.1, 0.15) is 12.7 Å². The summed E-state index contributed by atoms with van der Waals surface area (Å²) >= 11 is 0. The molecule has 0 aromatic carbocycles. The van der Waals surface area contributed by atoms with E-state index in [-0.39, 0.29) is 26.0 Å². The molecule has 0 radical (unpaired) electrons. The molecule has 3 atom stereocenters. The lowest BCUT2D eigenvalue weighted by Crippen LogP contribution is -2.45. The number of sulfonamides is 1. The molecule has 0 aliphatic carbocycles. The molecule has 0 aromatic heterocycles. The third-order valence-corrected chi connectivity index (χ3v) is 5.39. The normalized spacial score (nSPS) is 17.9. The fourth-order valence-corrected chi connectivity index (χ4v) is 3.27. The van der Waals surface area contributed by atoms with Crippen LogP contribution >= 0.6 is 0 Å². The van der Waals surface area contributed by atoms with Crippen molar-refractivity contribution in [3.8, 4) is 0 Å². The number of ether oxygens (including phenoxy) is 2. The van der Waals surface area contributed by atoms with E-state index < -0.39 is 57.3 Å². The minimum absolute atomic E-state index is 0.112. The van der Waals surface area contributed by atoms with Gasteiger partial charge < -0.3 is 14.6 Å². The lowest BCUT2D eigenvalue weighted by Gasteiger charge is -2.35. The molecule has 2 N–H and O–H groups in total. The highest BCUT2D eigenvalue weighted by Gasteiger charge is 2.56. The van der Waals surface area contributed by atoms with Gasteiger partial charge in [0.25, 0.3) is 0 Å². The molecule has 0 spiro atoms. The van der Waals surface area contributed by atoms with Crippen LogP contribution in [-0.4, -0.2) is 63.0 Å². The van der Waals surface area contributed by atoms with Crippen LogP contribution in [0.4, 0.5) is 17.6 Å². The van der Waals surface area contributed by atoms with Gasteiger partial charge in [0.05, 0.1) is 23.5 Å². The third kappa shape index (κ3) is 9.69. The van der Waals surface area contributed by atoms with Gasteiger partial charge in [0.2, 0.25) is 10.0 Å². The minimum atomic E-state index is -5.54. The molecule has 0 saturated heterocycles. The zero-order valence-electron chi connectivity index (χ0n) is 18.4. The van der Waals surface area contributed by atoms with Gasteiger partial charge in [-0.05, 0) is 40.5 Å². The summed E-state index contributed by atoms with van der Waals surface area (Å²) in [5, 5.41) is 8.92. The van der Waals surface area contributed by atoms with E-state index in [9.17, 15) is 35.6 Å². The largest absolute Gasteiger partial charge is 0.464 e. The van der Waals surface area contributed by atoms with Gasteiger partial charge in [-0.3, -0.25) is 9.59 Å². The molecule has 0 heterocycles. The standard InChI is InChI=1S/C18H31F4NO7S/c1-7-16(5,14(25)30-12(2)10-17(19,26)18(20,21)22)11-15(3,4)13(24)29-9-8-23-31(6,27)28/h12,23,26H,7-11H2,1-6H3. The summed E-state index contributed by atoms with van der Waals surface area (Å²) < 4.78 is 85.0. The Kier molecular flexibility index (Phi) is 9.94. The number of alkyl halides is 4. The highest BCUT2D eigenvalue weighted by molar-refractivity contribution is 7.88. The van der Waals surface area contributed by atoms with E-state index in [4.69, 9.17) is 14.6 Å². The molecule has 0 saturated carbocycles. The summed E-state index contributed by atoms with van der Waals surface area (Å²) in [5.74, 6) is -6.20. The zero-order chi connectivity index (χ0) is 24.9. The van der Waals surface area contributed by atoms with Gasteiger partial charge in [0, 0.05) is 6.54 Å². The SMILES string of the molecule is CCC(C)(CC(C)(C)C(=O)OCCNS(C)(=O)=O)C(=O)OC(C)CC(O)(F)C(F)(F)F. The lowest BCUT2D eigenvalue weighted by atomic mass is 9.72. The Morgan fingerprint density at radius 3 is 2.03 bits per heavy atom. The van der Waals surface area contributed by atoms with Crippen LogP contribution in [0.3, 0.4) is 0 Å². The predicted octanol–water partition coefficient (Wildman–Crippen LogP) is 2.45. The van der Waals surface area contributed by atoms with Crippen molar-refractivity contribution in [2.24, 2.45) is 10.8 Å². The van der Waals surface area contributed by atoms with Crippen molar-refractivity contribution in [2.75, 3.05) is 19.4 Å². The van der Waals surface area contributed by atoms with E-state index >= 15 is 0 Å². The van der Waals surface area contributed by atoms with Crippen molar-refractivity contribution in [1.29, 1.82) is 0 Å². The summed E-state index contributed by atoms with van der Waals surface area (Å²) in [5.41, 5.74) is -2.56. The van der Waals surface area contributed by atoms with Crippen molar-refractivity contribution in [1.82, 2.24) is 4.72 Å². The third-order valence-electron chi connectivity index (χ3n) is 4.66. The monoisotopic (exact) mass is 481 g/mol. The minimum Gasteiger partial charge on any atom is -0.464 e. The Balaban J connectivity index is 5.07. The van der Waals surface area contributed by atoms with Gasteiger partial charge in [0.15, 0.2) is 0 Å². The Bertz CT molecular complexity index is 738.